The number of thiophene rings is 1. The molecule has 90 valence electrons. The summed E-state index contributed by atoms with van der Waals surface area (Å²) in [7, 11) is 2.03. The van der Waals surface area contributed by atoms with E-state index in [4.69, 9.17) is 0 Å². The molecule has 0 radical (unpaired) electrons. The van der Waals surface area contributed by atoms with Crippen molar-refractivity contribution in [2.24, 2.45) is 0 Å². The molecule has 0 bridgehead atoms. The highest BCUT2D eigenvalue weighted by molar-refractivity contribution is 9.10. The zero-order chi connectivity index (χ0) is 12.3. The van der Waals surface area contributed by atoms with Gasteiger partial charge in [-0.15, -0.1) is 11.3 Å². The highest BCUT2D eigenvalue weighted by Gasteiger charge is 2.13. The Bertz CT molecular complexity index is 479. The third kappa shape index (κ3) is 3.18. The van der Waals surface area contributed by atoms with Crippen molar-refractivity contribution in [3.05, 3.63) is 56.2 Å². The van der Waals surface area contributed by atoms with Gasteiger partial charge in [-0.3, -0.25) is 0 Å². The molecule has 1 aromatic heterocycles. The van der Waals surface area contributed by atoms with Crippen LogP contribution in [0.25, 0.3) is 0 Å². The van der Waals surface area contributed by atoms with Crippen molar-refractivity contribution >= 4 is 27.3 Å². The number of likely N-dealkylation sites (N-methyl/N-ethyl adjacent to an activating group) is 1. The van der Waals surface area contributed by atoms with Crippen molar-refractivity contribution in [3.63, 3.8) is 0 Å². The summed E-state index contributed by atoms with van der Waals surface area (Å²) < 4.78 is 1.14. The highest BCUT2D eigenvalue weighted by Crippen LogP contribution is 2.26. The average molecular weight is 310 g/mol. The Balaban J connectivity index is 2.25. The minimum atomic E-state index is 0.381. The first-order valence-electron chi connectivity index (χ1n) is 5.66. The van der Waals surface area contributed by atoms with E-state index in [0.29, 0.717) is 6.04 Å². The Morgan fingerprint density at radius 3 is 2.82 bits per heavy atom. The number of halogens is 1. The number of nitrogens with one attached hydrogen (secondary N) is 1. The van der Waals surface area contributed by atoms with E-state index in [1.807, 2.05) is 18.4 Å². The third-order valence-corrected chi connectivity index (χ3v) is 4.34. The third-order valence-electron chi connectivity index (χ3n) is 2.95. The molecule has 0 spiro atoms. The molecule has 1 heterocycles. The lowest BCUT2D eigenvalue weighted by Gasteiger charge is -2.18. The quantitative estimate of drug-likeness (QED) is 0.886. The molecule has 0 amide bonds. The fraction of sp³-hybridized carbons (Fsp3) is 0.286. The van der Waals surface area contributed by atoms with Crippen molar-refractivity contribution in [1.29, 1.82) is 0 Å². The van der Waals surface area contributed by atoms with Crippen LogP contribution in [0.1, 0.15) is 22.0 Å². The van der Waals surface area contributed by atoms with E-state index >= 15 is 0 Å². The Morgan fingerprint density at radius 2 is 2.18 bits per heavy atom. The van der Waals surface area contributed by atoms with Gasteiger partial charge in [0.1, 0.15) is 0 Å². The summed E-state index contributed by atoms with van der Waals surface area (Å²) in [6.07, 6.45) is 1.05. The molecule has 0 aliphatic carbocycles. The maximum atomic E-state index is 3.55. The van der Waals surface area contributed by atoms with Gasteiger partial charge in [-0.25, -0.2) is 0 Å². The van der Waals surface area contributed by atoms with Crippen LogP contribution in [0, 0.1) is 6.92 Å². The largest absolute Gasteiger partial charge is 0.313 e. The summed E-state index contributed by atoms with van der Waals surface area (Å²) in [6, 6.07) is 11.2. The Hall–Kier alpha value is -0.640. The molecule has 0 saturated heterocycles. The summed E-state index contributed by atoms with van der Waals surface area (Å²) >= 11 is 5.37. The first-order valence-corrected chi connectivity index (χ1v) is 7.33. The standard InChI is InChI=1S/C14H16BrNS/c1-10-5-6-11(15)8-13(10)14(16-2)9-12-4-3-7-17-12/h3-8,14,16H,9H2,1-2H3. The van der Waals surface area contributed by atoms with Gasteiger partial charge in [-0.2, -0.15) is 0 Å². The van der Waals surface area contributed by atoms with Gasteiger partial charge < -0.3 is 5.32 Å². The molecule has 2 aromatic rings. The van der Waals surface area contributed by atoms with Gasteiger partial charge in [0, 0.05) is 21.8 Å². The van der Waals surface area contributed by atoms with Crippen molar-refractivity contribution in [2.45, 2.75) is 19.4 Å². The van der Waals surface area contributed by atoms with E-state index < -0.39 is 0 Å². The predicted molar refractivity (Wildman–Crippen MR) is 78.7 cm³/mol. The zero-order valence-corrected chi connectivity index (χ0v) is 12.4. The lowest BCUT2D eigenvalue weighted by Crippen LogP contribution is -2.19. The first kappa shape index (κ1) is 12.8. The lowest BCUT2D eigenvalue weighted by atomic mass is 9.98. The summed E-state index contributed by atoms with van der Waals surface area (Å²) in [5.74, 6) is 0. The van der Waals surface area contributed by atoms with Crippen molar-refractivity contribution < 1.29 is 0 Å². The Morgan fingerprint density at radius 1 is 1.35 bits per heavy atom. The SMILES string of the molecule is CNC(Cc1cccs1)c1cc(Br)ccc1C. The molecule has 1 atom stereocenters. The second-order valence-electron chi connectivity index (χ2n) is 4.13. The van der Waals surface area contributed by atoms with Gasteiger partial charge >= 0.3 is 0 Å². The predicted octanol–water partition coefficient (Wildman–Crippen LogP) is 4.32. The second kappa shape index (κ2) is 5.80. The number of hydrogen-bond donors (Lipinski definition) is 1. The molecular formula is C14H16BrNS. The summed E-state index contributed by atoms with van der Waals surface area (Å²) in [6.45, 7) is 2.17. The van der Waals surface area contributed by atoms with Crippen LogP contribution in [0.5, 0.6) is 0 Å². The molecule has 3 heteroatoms. The second-order valence-corrected chi connectivity index (χ2v) is 6.07. The maximum absolute atomic E-state index is 3.55. The summed E-state index contributed by atoms with van der Waals surface area (Å²) in [5, 5.41) is 5.55. The van der Waals surface area contributed by atoms with Crippen LogP contribution in [0.15, 0.2) is 40.2 Å². The average Bonchev–Trinajstić information content (AvgIpc) is 2.82. The van der Waals surface area contributed by atoms with Crippen molar-refractivity contribution in [2.75, 3.05) is 7.05 Å². The molecule has 2 rings (SSSR count). The molecule has 1 aromatic carbocycles. The summed E-state index contributed by atoms with van der Waals surface area (Å²) in [4.78, 5) is 1.42. The normalized spacial score (nSPS) is 12.6. The van der Waals surface area contributed by atoms with Crippen LogP contribution >= 0.6 is 27.3 Å². The van der Waals surface area contributed by atoms with E-state index in [0.717, 1.165) is 10.9 Å². The number of aryl methyl sites for hydroxylation is 1. The van der Waals surface area contributed by atoms with E-state index in [-0.39, 0.29) is 0 Å². The van der Waals surface area contributed by atoms with Crippen LogP contribution in [-0.4, -0.2) is 7.05 Å². The smallest absolute Gasteiger partial charge is 0.0369 e. The van der Waals surface area contributed by atoms with Gasteiger partial charge in [-0.05, 0) is 48.7 Å². The number of hydrogen-bond acceptors (Lipinski definition) is 2. The van der Waals surface area contributed by atoms with Crippen LogP contribution in [0.4, 0.5) is 0 Å². The molecule has 0 aliphatic rings. The van der Waals surface area contributed by atoms with Gasteiger partial charge in [0.2, 0.25) is 0 Å². The maximum Gasteiger partial charge on any atom is 0.0369 e. The van der Waals surface area contributed by atoms with Gasteiger partial charge in [0.25, 0.3) is 0 Å². The summed E-state index contributed by atoms with van der Waals surface area (Å²) in [5.41, 5.74) is 2.71. The molecule has 0 saturated carbocycles. The molecule has 1 nitrogen and oxygen atoms in total. The minimum Gasteiger partial charge on any atom is -0.313 e. The zero-order valence-electron chi connectivity index (χ0n) is 10.0. The topological polar surface area (TPSA) is 12.0 Å². The van der Waals surface area contributed by atoms with Crippen LogP contribution < -0.4 is 5.32 Å². The molecule has 0 aliphatic heterocycles. The van der Waals surface area contributed by atoms with Crippen molar-refractivity contribution in [1.82, 2.24) is 5.32 Å². The fourth-order valence-electron chi connectivity index (χ4n) is 1.98. The number of rotatable bonds is 4. The minimum absolute atomic E-state index is 0.381. The Labute approximate surface area is 115 Å². The van der Waals surface area contributed by atoms with Gasteiger partial charge in [0.05, 0.1) is 0 Å². The van der Waals surface area contributed by atoms with E-state index in [1.165, 1.54) is 16.0 Å². The highest BCUT2D eigenvalue weighted by atomic mass is 79.9. The molecular weight excluding hydrogens is 294 g/mol. The van der Waals surface area contributed by atoms with E-state index in [1.54, 1.807) is 0 Å². The van der Waals surface area contributed by atoms with Crippen LogP contribution in [0.2, 0.25) is 0 Å². The molecule has 0 fully saturated rings. The molecule has 17 heavy (non-hydrogen) atoms. The van der Waals surface area contributed by atoms with Gasteiger partial charge in [0.15, 0.2) is 0 Å². The number of benzene rings is 1. The Kier molecular flexibility index (Phi) is 4.37. The molecule has 1 unspecified atom stereocenters. The first-order chi connectivity index (χ1) is 8.20. The fourth-order valence-corrected chi connectivity index (χ4v) is 3.11. The van der Waals surface area contributed by atoms with Crippen molar-refractivity contribution in [3.8, 4) is 0 Å². The molecule has 1 N–H and O–H groups in total. The monoisotopic (exact) mass is 309 g/mol. The van der Waals surface area contributed by atoms with Crippen LogP contribution in [0.3, 0.4) is 0 Å². The van der Waals surface area contributed by atoms with E-state index in [9.17, 15) is 0 Å². The van der Waals surface area contributed by atoms with Crippen LogP contribution in [-0.2, 0) is 6.42 Å². The van der Waals surface area contributed by atoms with E-state index in [2.05, 4.69) is 63.9 Å². The van der Waals surface area contributed by atoms with Gasteiger partial charge in [-0.1, -0.05) is 28.1 Å². The lowest BCUT2D eigenvalue weighted by molar-refractivity contribution is 0.593.